The minimum atomic E-state index is -1.12. The molecule has 0 saturated heterocycles. The average Bonchev–Trinajstić information content (AvgIpc) is 2.33. The number of ether oxygens (including phenoxy) is 2. The predicted molar refractivity (Wildman–Crippen MR) is 70.5 cm³/mol. The zero-order valence-electron chi connectivity index (χ0n) is 11.9. The monoisotopic (exact) mass is 283 g/mol. The van der Waals surface area contributed by atoms with Crippen molar-refractivity contribution in [3.63, 3.8) is 0 Å². The molecule has 0 bridgehead atoms. The van der Waals surface area contributed by atoms with Crippen LogP contribution in [0.4, 0.5) is 9.18 Å². The first-order valence-electron chi connectivity index (χ1n) is 6.06. The number of nitrogens with one attached hydrogen (secondary N) is 1. The van der Waals surface area contributed by atoms with Gasteiger partial charge in [-0.15, -0.1) is 0 Å². The minimum Gasteiger partial charge on any atom is -0.467 e. The van der Waals surface area contributed by atoms with Gasteiger partial charge in [0, 0.05) is 0 Å². The average molecular weight is 283 g/mol. The summed E-state index contributed by atoms with van der Waals surface area (Å²) in [5, 5.41) is 2.37. The normalized spacial score (nSPS) is 12.4. The van der Waals surface area contributed by atoms with E-state index in [0.29, 0.717) is 0 Å². The van der Waals surface area contributed by atoms with Crippen molar-refractivity contribution in [2.45, 2.75) is 32.4 Å². The number of methoxy groups -OCH3 is 1. The standard InChI is InChI=1S/C14H18FNO4/c1-14(2,3)20-13(18)16-11(12(17)19-4)9-6-5-7-10(15)8-9/h5-8,11H,1-4H3,(H,16,18)/t11-/m0/s1. The third-order valence-corrected chi connectivity index (χ3v) is 2.28. The summed E-state index contributed by atoms with van der Waals surface area (Å²) in [5.41, 5.74) is -0.421. The molecular formula is C14H18FNO4. The van der Waals surface area contributed by atoms with Crippen LogP contribution in [-0.4, -0.2) is 24.8 Å². The fourth-order valence-electron chi connectivity index (χ4n) is 1.51. The van der Waals surface area contributed by atoms with Crippen LogP contribution >= 0.6 is 0 Å². The number of benzene rings is 1. The molecule has 6 heteroatoms. The summed E-state index contributed by atoms with van der Waals surface area (Å²) in [6, 6.07) is 4.23. The van der Waals surface area contributed by atoms with E-state index in [-0.39, 0.29) is 5.56 Å². The lowest BCUT2D eigenvalue weighted by Gasteiger charge is -2.22. The van der Waals surface area contributed by atoms with Gasteiger partial charge in [0.15, 0.2) is 6.04 Å². The van der Waals surface area contributed by atoms with Gasteiger partial charge in [0.1, 0.15) is 11.4 Å². The van der Waals surface area contributed by atoms with Crippen LogP contribution in [0.5, 0.6) is 0 Å². The molecule has 0 unspecified atom stereocenters. The molecule has 0 fully saturated rings. The summed E-state index contributed by atoms with van der Waals surface area (Å²) in [5.74, 6) is -1.22. The maximum absolute atomic E-state index is 13.2. The van der Waals surface area contributed by atoms with E-state index in [4.69, 9.17) is 4.74 Å². The van der Waals surface area contributed by atoms with Crippen molar-refractivity contribution < 1.29 is 23.5 Å². The molecule has 1 N–H and O–H groups in total. The quantitative estimate of drug-likeness (QED) is 0.866. The summed E-state index contributed by atoms with van der Waals surface area (Å²) < 4.78 is 22.9. The first-order chi connectivity index (χ1) is 9.23. The van der Waals surface area contributed by atoms with Crippen LogP contribution in [0.15, 0.2) is 24.3 Å². The Bertz CT molecular complexity index is 496. The molecule has 0 saturated carbocycles. The summed E-state index contributed by atoms with van der Waals surface area (Å²) in [6.45, 7) is 5.09. The Morgan fingerprint density at radius 3 is 2.45 bits per heavy atom. The number of hydrogen-bond acceptors (Lipinski definition) is 4. The molecule has 1 atom stereocenters. The van der Waals surface area contributed by atoms with Crippen LogP contribution < -0.4 is 5.32 Å². The van der Waals surface area contributed by atoms with Gasteiger partial charge in [-0.05, 0) is 38.5 Å². The van der Waals surface area contributed by atoms with Gasteiger partial charge in [0.05, 0.1) is 7.11 Å². The van der Waals surface area contributed by atoms with Gasteiger partial charge in [-0.3, -0.25) is 0 Å². The minimum absolute atomic E-state index is 0.280. The molecule has 1 amide bonds. The summed E-state index contributed by atoms with van der Waals surface area (Å²) >= 11 is 0. The van der Waals surface area contributed by atoms with Gasteiger partial charge in [-0.1, -0.05) is 12.1 Å². The number of amides is 1. The van der Waals surface area contributed by atoms with E-state index in [1.165, 1.54) is 25.3 Å². The Balaban J connectivity index is 2.91. The maximum Gasteiger partial charge on any atom is 0.408 e. The first-order valence-corrected chi connectivity index (χ1v) is 6.06. The molecule has 1 aromatic carbocycles. The van der Waals surface area contributed by atoms with Crippen LogP contribution in [-0.2, 0) is 14.3 Å². The lowest BCUT2D eigenvalue weighted by atomic mass is 10.1. The smallest absolute Gasteiger partial charge is 0.408 e. The number of carbonyl (C=O) groups excluding carboxylic acids is 2. The van der Waals surface area contributed by atoms with Crippen molar-refractivity contribution >= 4 is 12.1 Å². The summed E-state index contributed by atoms with van der Waals surface area (Å²) in [6.07, 6.45) is -0.780. The van der Waals surface area contributed by atoms with E-state index >= 15 is 0 Å². The first kappa shape index (κ1) is 15.9. The van der Waals surface area contributed by atoms with Gasteiger partial charge in [-0.2, -0.15) is 0 Å². The molecular weight excluding hydrogens is 265 g/mol. The van der Waals surface area contributed by atoms with Crippen LogP contribution in [0, 0.1) is 5.82 Å². The zero-order chi connectivity index (χ0) is 15.3. The molecule has 0 aromatic heterocycles. The third kappa shape index (κ3) is 4.87. The van der Waals surface area contributed by atoms with E-state index < -0.39 is 29.5 Å². The SMILES string of the molecule is COC(=O)[C@@H](NC(=O)OC(C)(C)C)c1cccc(F)c1. The highest BCUT2D eigenvalue weighted by molar-refractivity contribution is 5.82. The lowest BCUT2D eigenvalue weighted by Crippen LogP contribution is -2.38. The fourth-order valence-corrected chi connectivity index (χ4v) is 1.51. The number of halogens is 1. The maximum atomic E-state index is 13.2. The molecule has 110 valence electrons. The number of hydrogen-bond donors (Lipinski definition) is 1. The highest BCUT2D eigenvalue weighted by Gasteiger charge is 2.26. The van der Waals surface area contributed by atoms with Gasteiger partial charge in [-0.25, -0.2) is 14.0 Å². The topological polar surface area (TPSA) is 64.6 Å². The fraction of sp³-hybridized carbons (Fsp3) is 0.429. The van der Waals surface area contributed by atoms with Gasteiger partial charge in [0.25, 0.3) is 0 Å². The Hall–Kier alpha value is -2.11. The summed E-state index contributed by atoms with van der Waals surface area (Å²) in [7, 11) is 1.19. The van der Waals surface area contributed by atoms with Crippen molar-refractivity contribution in [3.8, 4) is 0 Å². The van der Waals surface area contributed by atoms with Crippen molar-refractivity contribution in [1.82, 2.24) is 5.32 Å². The summed E-state index contributed by atoms with van der Waals surface area (Å²) in [4.78, 5) is 23.4. The zero-order valence-corrected chi connectivity index (χ0v) is 11.9. The second kappa shape index (κ2) is 6.36. The highest BCUT2D eigenvalue weighted by Crippen LogP contribution is 2.17. The predicted octanol–water partition coefficient (Wildman–Crippen LogP) is 2.56. The Morgan fingerprint density at radius 2 is 1.95 bits per heavy atom. The molecule has 0 radical (unpaired) electrons. The third-order valence-electron chi connectivity index (χ3n) is 2.28. The van der Waals surface area contributed by atoms with E-state index in [9.17, 15) is 14.0 Å². The molecule has 5 nitrogen and oxygen atoms in total. The molecule has 1 aromatic rings. The van der Waals surface area contributed by atoms with Gasteiger partial charge < -0.3 is 14.8 Å². The second-order valence-electron chi connectivity index (χ2n) is 5.16. The molecule has 0 aliphatic heterocycles. The lowest BCUT2D eigenvalue weighted by molar-refractivity contribution is -0.143. The van der Waals surface area contributed by atoms with Crippen LogP contribution in [0.2, 0.25) is 0 Å². The molecule has 1 rings (SSSR count). The molecule has 0 aliphatic carbocycles. The highest BCUT2D eigenvalue weighted by atomic mass is 19.1. The molecule has 0 spiro atoms. The van der Waals surface area contributed by atoms with Crippen molar-refractivity contribution in [2.75, 3.05) is 7.11 Å². The Labute approximate surface area is 117 Å². The van der Waals surface area contributed by atoms with E-state index in [0.717, 1.165) is 6.07 Å². The molecule has 0 heterocycles. The largest absolute Gasteiger partial charge is 0.467 e. The van der Waals surface area contributed by atoms with Gasteiger partial charge in [0.2, 0.25) is 0 Å². The Morgan fingerprint density at radius 1 is 1.30 bits per heavy atom. The molecule has 0 aliphatic rings. The van der Waals surface area contributed by atoms with Crippen molar-refractivity contribution in [1.29, 1.82) is 0 Å². The van der Waals surface area contributed by atoms with E-state index in [2.05, 4.69) is 10.1 Å². The number of carbonyl (C=O) groups is 2. The van der Waals surface area contributed by atoms with Crippen molar-refractivity contribution in [3.05, 3.63) is 35.6 Å². The second-order valence-corrected chi connectivity index (χ2v) is 5.16. The molecule has 20 heavy (non-hydrogen) atoms. The van der Waals surface area contributed by atoms with E-state index in [1.807, 2.05) is 0 Å². The number of alkyl carbamates (subject to hydrolysis) is 1. The van der Waals surface area contributed by atoms with E-state index in [1.54, 1.807) is 20.8 Å². The number of esters is 1. The van der Waals surface area contributed by atoms with Crippen LogP contribution in [0.25, 0.3) is 0 Å². The van der Waals surface area contributed by atoms with Crippen molar-refractivity contribution in [2.24, 2.45) is 0 Å². The van der Waals surface area contributed by atoms with Gasteiger partial charge >= 0.3 is 12.1 Å². The van der Waals surface area contributed by atoms with Crippen LogP contribution in [0.1, 0.15) is 32.4 Å². The Kier molecular flexibility index (Phi) is 5.07. The number of rotatable bonds is 3. The van der Waals surface area contributed by atoms with Crippen LogP contribution in [0.3, 0.4) is 0 Å².